The second-order valence-electron chi connectivity index (χ2n) is 11.3. The molecule has 0 bridgehead atoms. The van der Waals surface area contributed by atoms with Crippen LogP contribution in [-0.4, -0.2) is 17.0 Å². The first-order valence-corrected chi connectivity index (χ1v) is 13.3. The van der Waals surface area contributed by atoms with E-state index in [-0.39, 0.29) is 29.3 Å². The summed E-state index contributed by atoms with van der Waals surface area (Å²) >= 11 is 0. The molecule has 0 spiro atoms. The fourth-order valence-corrected chi connectivity index (χ4v) is 4.53. The largest absolute Gasteiger partial charge is 0.508 e. The van der Waals surface area contributed by atoms with Crippen molar-refractivity contribution in [2.24, 2.45) is 28.9 Å². The predicted molar refractivity (Wildman–Crippen MR) is 143 cm³/mol. The van der Waals surface area contributed by atoms with Gasteiger partial charge in [-0.1, -0.05) is 79.4 Å². The number of nitrogens with one attached hydrogen (secondary N) is 2. The molecule has 0 radical (unpaired) electrons. The molecule has 1 aliphatic carbocycles. The van der Waals surface area contributed by atoms with Gasteiger partial charge in [-0.25, -0.2) is 4.79 Å². The Balaban J connectivity index is 0.000000527. The van der Waals surface area contributed by atoms with Crippen molar-refractivity contribution in [3.8, 4) is 5.75 Å². The molecule has 196 valence electrons. The van der Waals surface area contributed by atoms with Gasteiger partial charge in [-0.05, 0) is 65.7 Å². The van der Waals surface area contributed by atoms with Gasteiger partial charge < -0.3 is 21.5 Å². The van der Waals surface area contributed by atoms with Gasteiger partial charge in [0.15, 0.2) is 0 Å². The molecule has 3 amide bonds. The van der Waals surface area contributed by atoms with Gasteiger partial charge in [-0.3, -0.25) is 4.79 Å². The van der Waals surface area contributed by atoms with Crippen molar-refractivity contribution >= 4 is 11.9 Å². The summed E-state index contributed by atoms with van der Waals surface area (Å²) in [6, 6.07) is 5.47. The number of hydrogen-bond acceptors (Lipinski definition) is 3. The Morgan fingerprint density at radius 3 is 2.40 bits per heavy atom. The SMILES string of the molecule is CCCCC(C)C(C)(C)CCc1ccc(C2NC(=O)NC=C2C(C)C)cc1O.NC(=O)C1CCC1. The van der Waals surface area contributed by atoms with E-state index in [1.54, 1.807) is 6.20 Å². The van der Waals surface area contributed by atoms with Crippen molar-refractivity contribution in [1.82, 2.24) is 10.6 Å². The van der Waals surface area contributed by atoms with Crippen LogP contribution in [0.5, 0.6) is 5.75 Å². The Hall–Kier alpha value is -2.50. The van der Waals surface area contributed by atoms with Crippen molar-refractivity contribution in [3.63, 3.8) is 0 Å². The maximum Gasteiger partial charge on any atom is 0.319 e. The van der Waals surface area contributed by atoms with Crippen molar-refractivity contribution in [1.29, 1.82) is 0 Å². The van der Waals surface area contributed by atoms with Crippen LogP contribution < -0.4 is 16.4 Å². The van der Waals surface area contributed by atoms with E-state index in [0.717, 1.165) is 42.4 Å². The van der Waals surface area contributed by atoms with E-state index in [4.69, 9.17) is 5.73 Å². The van der Waals surface area contributed by atoms with E-state index in [9.17, 15) is 14.7 Å². The summed E-state index contributed by atoms with van der Waals surface area (Å²) in [6.07, 6.45) is 10.7. The summed E-state index contributed by atoms with van der Waals surface area (Å²) in [5.74, 6) is 1.39. The lowest BCUT2D eigenvalue weighted by molar-refractivity contribution is -0.124. The minimum Gasteiger partial charge on any atom is -0.508 e. The highest BCUT2D eigenvalue weighted by atomic mass is 16.3. The molecule has 2 atom stereocenters. The number of aryl methyl sites for hydroxylation is 1. The lowest BCUT2D eigenvalue weighted by Crippen LogP contribution is -2.41. The van der Waals surface area contributed by atoms with Crippen LogP contribution in [0, 0.1) is 23.2 Å². The molecule has 1 fully saturated rings. The highest BCUT2D eigenvalue weighted by Crippen LogP contribution is 2.37. The summed E-state index contributed by atoms with van der Waals surface area (Å²) in [6.45, 7) is 13.5. The maximum atomic E-state index is 11.8. The number of aromatic hydroxyl groups is 1. The molecule has 1 aromatic carbocycles. The number of benzene rings is 1. The summed E-state index contributed by atoms with van der Waals surface area (Å²) in [4.78, 5) is 22.0. The third kappa shape index (κ3) is 8.29. The first-order chi connectivity index (χ1) is 16.5. The molecule has 2 aliphatic rings. The molecule has 35 heavy (non-hydrogen) atoms. The molecule has 0 aromatic heterocycles. The topological polar surface area (TPSA) is 104 Å². The predicted octanol–water partition coefficient (Wildman–Crippen LogP) is 6.34. The monoisotopic (exact) mass is 485 g/mol. The molecule has 0 saturated heterocycles. The number of rotatable bonds is 10. The highest BCUT2D eigenvalue weighted by Gasteiger charge is 2.27. The first-order valence-electron chi connectivity index (χ1n) is 13.3. The molecule has 2 unspecified atom stereocenters. The average Bonchev–Trinajstić information content (AvgIpc) is 2.75. The fraction of sp³-hybridized carbons (Fsp3) is 0.655. The third-order valence-corrected chi connectivity index (χ3v) is 7.96. The van der Waals surface area contributed by atoms with Gasteiger partial charge in [0.1, 0.15) is 5.75 Å². The lowest BCUT2D eigenvalue weighted by Gasteiger charge is -2.32. The Labute approximate surface area is 212 Å². The molecule has 5 N–H and O–H groups in total. The summed E-state index contributed by atoms with van der Waals surface area (Å²) in [7, 11) is 0. The molecule has 1 saturated carbocycles. The number of carbonyl (C=O) groups excluding carboxylic acids is 2. The van der Waals surface area contributed by atoms with E-state index in [2.05, 4.69) is 52.2 Å². The Kier molecular flexibility index (Phi) is 10.7. The van der Waals surface area contributed by atoms with Crippen molar-refractivity contribution in [2.45, 2.75) is 99.0 Å². The van der Waals surface area contributed by atoms with Crippen molar-refractivity contribution in [2.75, 3.05) is 0 Å². The van der Waals surface area contributed by atoms with Crippen LogP contribution in [0.1, 0.15) is 104 Å². The highest BCUT2D eigenvalue weighted by molar-refractivity contribution is 5.78. The number of nitrogens with two attached hydrogens (primary N) is 1. The van der Waals surface area contributed by atoms with Gasteiger partial charge >= 0.3 is 6.03 Å². The van der Waals surface area contributed by atoms with Crippen molar-refractivity contribution < 1.29 is 14.7 Å². The summed E-state index contributed by atoms with van der Waals surface area (Å²) in [5.41, 5.74) is 8.22. The zero-order valence-electron chi connectivity index (χ0n) is 22.6. The Morgan fingerprint density at radius 2 is 1.91 bits per heavy atom. The van der Waals surface area contributed by atoms with E-state index in [1.165, 1.54) is 25.7 Å². The average molecular weight is 486 g/mol. The number of unbranched alkanes of at least 4 members (excludes halogenated alkanes) is 1. The van der Waals surface area contributed by atoms with Gasteiger partial charge in [-0.15, -0.1) is 0 Å². The Bertz CT molecular complexity index is 887. The van der Waals surface area contributed by atoms with Gasteiger partial charge in [0, 0.05) is 12.1 Å². The molecule has 1 aliphatic heterocycles. The molecular formula is C29H47N3O3. The van der Waals surface area contributed by atoms with Gasteiger partial charge in [-0.2, -0.15) is 0 Å². The Morgan fingerprint density at radius 1 is 1.23 bits per heavy atom. The van der Waals surface area contributed by atoms with Gasteiger partial charge in [0.2, 0.25) is 5.91 Å². The maximum absolute atomic E-state index is 11.8. The van der Waals surface area contributed by atoms with Crippen LogP contribution >= 0.6 is 0 Å². The van der Waals surface area contributed by atoms with Crippen LogP contribution in [0.3, 0.4) is 0 Å². The number of phenols is 1. The molecular weight excluding hydrogens is 438 g/mol. The molecule has 1 aromatic rings. The quantitative estimate of drug-likeness (QED) is 0.311. The minimum atomic E-state index is -0.208. The fourth-order valence-electron chi connectivity index (χ4n) is 4.53. The molecule has 6 heteroatoms. The van der Waals surface area contributed by atoms with Crippen molar-refractivity contribution in [3.05, 3.63) is 41.1 Å². The van der Waals surface area contributed by atoms with Crippen LogP contribution in [0.2, 0.25) is 0 Å². The van der Waals surface area contributed by atoms with E-state index in [0.29, 0.717) is 17.6 Å². The van der Waals surface area contributed by atoms with E-state index in [1.807, 2.05) is 18.2 Å². The summed E-state index contributed by atoms with van der Waals surface area (Å²) < 4.78 is 0. The second kappa shape index (κ2) is 13.0. The zero-order chi connectivity index (χ0) is 26.2. The standard InChI is InChI=1S/C24H38N2O2.C5H9NO/c1-7-8-9-17(4)24(5,6)13-12-18-10-11-19(14-21(18)27)22-20(16(2)3)15-25-23(28)26-22;6-5(7)4-2-1-3-4/h10-11,14-17,22,27H,7-9,12-13H2,1-6H3,(H2,25,26,28);4H,1-3H2,(H2,6,7). The first kappa shape index (κ1) is 28.7. The smallest absolute Gasteiger partial charge is 0.319 e. The molecule has 3 rings (SSSR count). The van der Waals surface area contributed by atoms with Crippen LogP contribution in [0.25, 0.3) is 0 Å². The lowest BCUT2D eigenvalue weighted by atomic mass is 9.73. The van der Waals surface area contributed by atoms with Crippen LogP contribution in [-0.2, 0) is 11.2 Å². The number of hydrogen-bond donors (Lipinski definition) is 4. The zero-order valence-corrected chi connectivity index (χ0v) is 22.6. The van der Waals surface area contributed by atoms with Crippen LogP contribution in [0.4, 0.5) is 4.79 Å². The number of amides is 3. The van der Waals surface area contributed by atoms with Gasteiger partial charge in [0.25, 0.3) is 0 Å². The number of urea groups is 1. The third-order valence-electron chi connectivity index (χ3n) is 7.96. The second-order valence-corrected chi connectivity index (χ2v) is 11.3. The molecule has 6 nitrogen and oxygen atoms in total. The van der Waals surface area contributed by atoms with E-state index < -0.39 is 0 Å². The number of carbonyl (C=O) groups is 2. The summed E-state index contributed by atoms with van der Waals surface area (Å²) in [5, 5.41) is 16.3. The van der Waals surface area contributed by atoms with Gasteiger partial charge in [0.05, 0.1) is 6.04 Å². The number of phenolic OH excluding ortho intramolecular Hbond substituents is 1. The molecule has 1 heterocycles. The number of primary amides is 1. The van der Waals surface area contributed by atoms with Crippen LogP contribution in [0.15, 0.2) is 30.0 Å². The normalized spacial score (nSPS) is 19.0. The minimum absolute atomic E-state index is 0.119. The van der Waals surface area contributed by atoms with E-state index >= 15 is 0 Å².